The van der Waals surface area contributed by atoms with Crippen molar-refractivity contribution in [2.24, 2.45) is 0 Å². The molecule has 1 aliphatic heterocycles. The number of nitrogens with zero attached hydrogens (tertiary/aromatic N) is 3. The van der Waals surface area contributed by atoms with Crippen LogP contribution in [0.4, 0.5) is 0 Å². The normalized spacial score (nSPS) is 19.6. The first-order chi connectivity index (χ1) is 12.6. The van der Waals surface area contributed by atoms with Gasteiger partial charge in [-0.3, -0.25) is 5.32 Å². The van der Waals surface area contributed by atoms with E-state index in [0.717, 1.165) is 28.1 Å². The second kappa shape index (κ2) is 7.60. The zero-order chi connectivity index (χ0) is 18.0. The summed E-state index contributed by atoms with van der Waals surface area (Å²) in [4.78, 5) is 3.72. The molecule has 3 aromatic rings. The van der Waals surface area contributed by atoms with Crippen LogP contribution in [-0.4, -0.2) is 27.1 Å². The van der Waals surface area contributed by atoms with Crippen LogP contribution in [-0.2, 0) is 11.4 Å². The lowest BCUT2D eigenvalue weighted by atomic mass is 10.1. The van der Waals surface area contributed by atoms with E-state index in [0.29, 0.717) is 17.3 Å². The molecular weight excluding hydrogens is 436 g/mol. The summed E-state index contributed by atoms with van der Waals surface area (Å²) in [6.45, 7) is 1.58. The van der Waals surface area contributed by atoms with Crippen LogP contribution in [0.15, 0.2) is 59.6 Å². The molecule has 1 aromatic heterocycles. The van der Waals surface area contributed by atoms with Gasteiger partial charge in [0, 0.05) is 22.3 Å². The van der Waals surface area contributed by atoms with Crippen LogP contribution in [0.5, 0.6) is 11.5 Å². The summed E-state index contributed by atoms with van der Waals surface area (Å²) in [6.07, 6.45) is 3.27. The highest BCUT2D eigenvalue weighted by Gasteiger charge is 2.38. The minimum absolute atomic E-state index is 0.319. The van der Waals surface area contributed by atoms with Crippen molar-refractivity contribution in [2.45, 2.75) is 11.4 Å². The maximum Gasteiger partial charge on any atom is 0.137 e. The molecule has 0 spiro atoms. The maximum absolute atomic E-state index is 6.64. The number of benzene rings is 2. The van der Waals surface area contributed by atoms with Gasteiger partial charge in [0.25, 0.3) is 0 Å². The highest BCUT2D eigenvalue weighted by atomic mass is 79.9. The van der Waals surface area contributed by atoms with Crippen molar-refractivity contribution >= 4 is 39.3 Å². The molecule has 0 saturated carbocycles. The second-order valence-electron chi connectivity index (χ2n) is 5.89. The third kappa shape index (κ3) is 3.76. The summed E-state index contributed by atoms with van der Waals surface area (Å²) in [7, 11) is 0. The molecule has 0 aliphatic carbocycles. The van der Waals surface area contributed by atoms with E-state index in [1.807, 2.05) is 58.9 Å². The van der Waals surface area contributed by atoms with Gasteiger partial charge in [0.15, 0.2) is 0 Å². The minimum Gasteiger partial charge on any atom is -0.457 e. The van der Waals surface area contributed by atoms with Crippen LogP contribution in [0.25, 0.3) is 0 Å². The molecule has 0 amide bonds. The summed E-state index contributed by atoms with van der Waals surface area (Å²) in [5.41, 5.74) is 1.03. The Morgan fingerprint density at radius 2 is 2.04 bits per heavy atom. The number of thioether (sulfide) groups is 1. The molecule has 4 rings (SSSR count). The number of nitrogens with one attached hydrogen (secondary N) is 1. The molecule has 0 bridgehead atoms. The molecule has 5 nitrogen and oxygen atoms in total. The second-order valence-corrected chi connectivity index (χ2v) is 8.61. The van der Waals surface area contributed by atoms with Gasteiger partial charge in [-0.05, 0) is 36.4 Å². The maximum atomic E-state index is 6.64. The van der Waals surface area contributed by atoms with E-state index in [4.69, 9.17) is 16.3 Å². The number of ether oxygens (including phenoxy) is 1. The Balaban J connectivity index is 1.60. The predicted molar refractivity (Wildman–Crippen MR) is 108 cm³/mol. The van der Waals surface area contributed by atoms with Gasteiger partial charge >= 0.3 is 0 Å². The summed E-state index contributed by atoms with van der Waals surface area (Å²) in [5.74, 6) is 2.49. The first-order valence-electron chi connectivity index (χ1n) is 8.09. The van der Waals surface area contributed by atoms with Crippen LogP contribution < -0.4 is 10.1 Å². The van der Waals surface area contributed by atoms with E-state index in [9.17, 15) is 0 Å². The van der Waals surface area contributed by atoms with Crippen molar-refractivity contribution in [3.05, 3.63) is 70.2 Å². The Kier molecular flexibility index (Phi) is 5.22. The summed E-state index contributed by atoms with van der Waals surface area (Å²) in [6, 6.07) is 13.5. The smallest absolute Gasteiger partial charge is 0.137 e. The van der Waals surface area contributed by atoms with Crippen LogP contribution in [0, 0.1) is 0 Å². The molecule has 8 heteroatoms. The van der Waals surface area contributed by atoms with Crippen molar-refractivity contribution in [3.8, 4) is 11.5 Å². The third-order valence-corrected chi connectivity index (χ3v) is 6.37. The van der Waals surface area contributed by atoms with Crippen LogP contribution >= 0.6 is 39.3 Å². The van der Waals surface area contributed by atoms with E-state index in [1.54, 1.807) is 12.7 Å². The van der Waals surface area contributed by atoms with Crippen molar-refractivity contribution in [3.63, 3.8) is 0 Å². The Bertz CT molecular complexity index is 883. The van der Waals surface area contributed by atoms with Gasteiger partial charge in [-0.1, -0.05) is 33.6 Å². The largest absolute Gasteiger partial charge is 0.457 e. The van der Waals surface area contributed by atoms with Crippen LogP contribution in [0.1, 0.15) is 5.56 Å². The summed E-state index contributed by atoms with van der Waals surface area (Å²) in [5, 5.41) is 8.49. The molecule has 2 aromatic carbocycles. The Hall–Kier alpha value is -1.54. The zero-order valence-electron chi connectivity index (χ0n) is 13.7. The lowest BCUT2D eigenvalue weighted by Crippen LogP contribution is -2.39. The fourth-order valence-corrected chi connectivity index (χ4v) is 4.92. The van der Waals surface area contributed by atoms with Crippen LogP contribution in [0.3, 0.4) is 0 Å². The van der Waals surface area contributed by atoms with Gasteiger partial charge in [-0.25, -0.2) is 9.67 Å². The Morgan fingerprint density at radius 1 is 1.23 bits per heavy atom. The van der Waals surface area contributed by atoms with Gasteiger partial charge in [-0.15, -0.1) is 11.8 Å². The average Bonchev–Trinajstić information content (AvgIpc) is 3.30. The Labute approximate surface area is 169 Å². The first kappa shape index (κ1) is 17.9. The van der Waals surface area contributed by atoms with Crippen molar-refractivity contribution < 1.29 is 4.74 Å². The molecular formula is C18H16BrClN4OS. The monoisotopic (exact) mass is 450 g/mol. The number of rotatable bonds is 5. The first-order valence-corrected chi connectivity index (χ1v) is 10.3. The summed E-state index contributed by atoms with van der Waals surface area (Å²) < 4.78 is 8.75. The van der Waals surface area contributed by atoms with Crippen molar-refractivity contribution in [1.29, 1.82) is 0 Å². The summed E-state index contributed by atoms with van der Waals surface area (Å²) >= 11 is 11.9. The molecule has 2 heterocycles. The van der Waals surface area contributed by atoms with E-state index in [1.165, 1.54) is 0 Å². The molecule has 1 N–H and O–H groups in total. The van der Waals surface area contributed by atoms with E-state index in [2.05, 4.69) is 31.3 Å². The average molecular weight is 452 g/mol. The van der Waals surface area contributed by atoms with E-state index in [-0.39, 0.29) is 4.87 Å². The standard InChI is InChI=1S/C18H16BrClN4OS/c19-13-1-3-14(4-2-13)25-15-5-6-16(17(20)9-15)18(22-7-8-26-18)10-24-12-21-11-23-24/h1-6,9,11-12,22H,7-8,10H2. The number of hydrogen-bond acceptors (Lipinski definition) is 5. The minimum atomic E-state index is -0.319. The van der Waals surface area contributed by atoms with Gasteiger partial charge in [0.2, 0.25) is 0 Å². The molecule has 26 heavy (non-hydrogen) atoms. The fraction of sp³-hybridized carbons (Fsp3) is 0.222. The van der Waals surface area contributed by atoms with E-state index < -0.39 is 0 Å². The number of hydrogen-bond donors (Lipinski definition) is 1. The van der Waals surface area contributed by atoms with Crippen molar-refractivity contribution in [2.75, 3.05) is 12.3 Å². The molecule has 1 saturated heterocycles. The molecule has 1 aliphatic rings. The lowest BCUT2D eigenvalue weighted by Gasteiger charge is -2.30. The molecule has 1 fully saturated rings. The lowest BCUT2D eigenvalue weighted by molar-refractivity contribution is 0.421. The van der Waals surface area contributed by atoms with Gasteiger partial charge in [0.1, 0.15) is 29.0 Å². The highest BCUT2D eigenvalue weighted by molar-refractivity contribution is 9.10. The molecule has 0 radical (unpaired) electrons. The highest BCUT2D eigenvalue weighted by Crippen LogP contribution is 2.43. The van der Waals surface area contributed by atoms with Gasteiger partial charge in [0.05, 0.1) is 11.6 Å². The Morgan fingerprint density at radius 3 is 2.69 bits per heavy atom. The zero-order valence-corrected chi connectivity index (χ0v) is 16.9. The number of aromatic nitrogens is 3. The fourth-order valence-electron chi connectivity index (χ4n) is 2.96. The topological polar surface area (TPSA) is 52.0 Å². The molecule has 1 unspecified atom stereocenters. The predicted octanol–water partition coefficient (Wildman–Crippen LogP) is 4.68. The third-order valence-electron chi connectivity index (χ3n) is 4.14. The van der Waals surface area contributed by atoms with Crippen molar-refractivity contribution in [1.82, 2.24) is 20.1 Å². The van der Waals surface area contributed by atoms with Crippen LogP contribution in [0.2, 0.25) is 5.02 Å². The van der Waals surface area contributed by atoms with Gasteiger partial charge in [-0.2, -0.15) is 5.10 Å². The SMILES string of the molecule is Clc1cc(Oc2ccc(Br)cc2)ccc1C1(Cn2cncn2)NCCS1. The quantitative estimate of drug-likeness (QED) is 0.610. The van der Waals surface area contributed by atoms with E-state index >= 15 is 0 Å². The number of halogens is 2. The molecule has 1 atom stereocenters. The van der Waals surface area contributed by atoms with Gasteiger partial charge < -0.3 is 4.74 Å². The molecule has 134 valence electrons.